The smallest absolute Gasteiger partial charge is 0.140 e. The lowest BCUT2D eigenvalue weighted by atomic mass is 9.82. The molecule has 1 aliphatic rings. The molecule has 0 heterocycles. The van der Waals surface area contributed by atoms with Crippen LogP contribution in [0.4, 0.5) is 17.1 Å². The molecule has 3 aromatic carbocycles. The second kappa shape index (κ2) is 7.58. The van der Waals surface area contributed by atoms with Crippen LogP contribution in [0.1, 0.15) is 30.7 Å². The summed E-state index contributed by atoms with van der Waals surface area (Å²) in [5.74, 6) is 0.112. The van der Waals surface area contributed by atoms with E-state index in [9.17, 15) is 9.59 Å². The molecule has 0 N–H and O–H groups in total. The summed E-state index contributed by atoms with van der Waals surface area (Å²) in [6.45, 7) is 0. The number of carbonyl (C=O) groups excluding carboxylic acids is 2. The summed E-state index contributed by atoms with van der Waals surface area (Å²) >= 11 is 0. The van der Waals surface area contributed by atoms with Crippen LogP contribution < -0.4 is 4.90 Å². The largest absolute Gasteiger partial charge is 0.311 e. The number of carbonyl (C=O) groups is 2. The van der Waals surface area contributed by atoms with Gasteiger partial charge in [0.15, 0.2) is 0 Å². The number of hydrogen-bond acceptors (Lipinski definition) is 3. The molecule has 1 aliphatic carbocycles. The number of nitrogens with zero attached hydrogens (tertiary/aromatic N) is 1. The van der Waals surface area contributed by atoms with E-state index in [2.05, 4.69) is 41.3 Å². The Morgan fingerprint density at radius 2 is 1.04 bits per heavy atom. The summed E-state index contributed by atoms with van der Waals surface area (Å²) in [7, 11) is 0. The van der Waals surface area contributed by atoms with Gasteiger partial charge >= 0.3 is 0 Å². The van der Waals surface area contributed by atoms with Crippen LogP contribution in [0.3, 0.4) is 0 Å². The Morgan fingerprint density at radius 1 is 0.593 bits per heavy atom. The Kier molecular flexibility index (Phi) is 4.84. The minimum absolute atomic E-state index is 0.00898. The minimum atomic E-state index is 0.00898. The van der Waals surface area contributed by atoms with Crippen molar-refractivity contribution in [3.63, 3.8) is 0 Å². The molecule has 0 spiro atoms. The van der Waals surface area contributed by atoms with Crippen molar-refractivity contribution >= 4 is 28.6 Å². The molecule has 134 valence electrons. The highest BCUT2D eigenvalue weighted by atomic mass is 16.1. The van der Waals surface area contributed by atoms with Crippen molar-refractivity contribution in [3.8, 4) is 0 Å². The van der Waals surface area contributed by atoms with E-state index in [1.165, 1.54) is 0 Å². The Bertz CT molecular complexity index is 878. The van der Waals surface area contributed by atoms with E-state index in [0.717, 1.165) is 22.6 Å². The lowest BCUT2D eigenvalue weighted by molar-refractivity contribution is -0.130. The molecule has 4 rings (SSSR count). The standard InChI is InChI=1S/C24H21NO2/c26-23-15-19(16-24(27)17-23)18-11-13-22(14-12-18)25(20-7-3-1-4-8-20)21-9-5-2-6-10-21/h1-14,19H,15-17H2. The number of ketones is 2. The Morgan fingerprint density at radius 3 is 1.52 bits per heavy atom. The summed E-state index contributed by atoms with van der Waals surface area (Å²) in [6, 6.07) is 28.7. The first-order valence-electron chi connectivity index (χ1n) is 9.24. The number of hydrogen-bond donors (Lipinski definition) is 0. The number of anilines is 3. The molecule has 0 radical (unpaired) electrons. The van der Waals surface area contributed by atoms with Gasteiger partial charge in [-0.2, -0.15) is 0 Å². The van der Waals surface area contributed by atoms with Crippen LogP contribution in [-0.2, 0) is 9.59 Å². The van der Waals surface area contributed by atoms with Crippen LogP contribution in [-0.4, -0.2) is 11.6 Å². The molecule has 0 saturated heterocycles. The maximum Gasteiger partial charge on any atom is 0.140 e. The third-order valence-corrected chi connectivity index (χ3v) is 4.99. The second-order valence-corrected chi connectivity index (χ2v) is 6.96. The molecule has 0 unspecified atom stereocenters. The van der Waals surface area contributed by atoms with Gasteiger partial charge in [-0.25, -0.2) is 0 Å². The summed E-state index contributed by atoms with van der Waals surface area (Å²) in [4.78, 5) is 25.7. The van der Waals surface area contributed by atoms with E-state index in [1.54, 1.807) is 0 Å². The molecule has 3 nitrogen and oxygen atoms in total. The maximum atomic E-state index is 11.8. The number of para-hydroxylation sites is 2. The molecular formula is C24H21NO2. The average Bonchev–Trinajstić information content (AvgIpc) is 2.70. The third kappa shape index (κ3) is 3.82. The maximum absolute atomic E-state index is 11.8. The number of rotatable bonds is 4. The van der Waals surface area contributed by atoms with Crippen molar-refractivity contribution in [3.05, 3.63) is 90.5 Å². The van der Waals surface area contributed by atoms with Gasteiger partial charge in [0.25, 0.3) is 0 Å². The first-order valence-corrected chi connectivity index (χ1v) is 9.24. The zero-order valence-corrected chi connectivity index (χ0v) is 15.0. The molecule has 27 heavy (non-hydrogen) atoms. The van der Waals surface area contributed by atoms with Gasteiger partial charge in [-0.3, -0.25) is 9.59 Å². The van der Waals surface area contributed by atoms with Crippen LogP contribution >= 0.6 is 0 Å². The zero-order chi connectivity index (χ0) is 18.6. The van der Waals surface area contributed by atoms with Crippen molar-refractivity contribution in [1.82, 2.24) is 0 Å². The second-order valence-electron chi connectivity index (χ2n) is 6.96. The van der Waals surface area contributed by atoms with E-state index >= 15 is 0 Å². The van der Waals surface area contributed by atoms with E-state index in [0.29, 0.717) is 12.8 Å². The van der Waals surface area contributed by atoms with Crippen LogP contribution in [0.5, 0.6) is 0 Å². The third-order valence-electron chi connectivity index (χ3n) is 4.99. The quantitative estimate of drug-likeness (QED) is 0.575. The molecule has 0 amide bonds. The average molecular weight is 355 g/mol. The predicted octanol–water partition coefficient (Wildman–Crippen LogP) is 5.56. The van der Waals surface area contributed by atoms with Crippen LogP contribution in [0.15, 0.2) is 84.9 Å². The van der Waals surface area contributed by atoms with Gasteiger partial charge in [0.2, 0.25) is 0 Å². The fourth-order valence-corrected chi connectivity index (χ4v) is 3.72. The molecular weight excluding hydrogens is 334 g/mol. The molecule has 0 atom stereocenters. The monoisotopic (exact) mass is 355 g/mol. The normalized spacial score (nSPS) is 15.0. The van der Waals surface area contributed by atoms with Crippen molar-refractivity contribution < 1.29 is 9.59 Å². The van der Waals surface area contributed by atoms with E-state index in [-0.39, 0.29) is 23.9 Å². The van der Waals surface area contributed by atoms with Crippen LogP contribution in [0, 0.1) is 0 Å². The highest BCUT2D eigenvalue weighted by Crippen LogP contribution is 2.36. The number of Topliss-reactive ketones (excluding diaryl/α,β-unsaturated/α-hetero) is 2. The molecule has 0 bridgehead atoms. The van der Waals surface area contributed by atoms with Crippen molar-refractivity contribution in [2.24, 2.45) is 0 Å². The lowest BCUT2D eigenvalue weighted by Gasteiger charge is -2.26. The SMILES string of the molecule is O=C1CC(=O)CC(c2ccc(N(c3ccccc3)c3ccccc3)cc2)C1. The molecule has 0 aliphatic heterocycles. The molecule has 1 fully saturated rings. The molecule has 3 heteroatoms. The van der Waals surface area contributed by atoms with Crippen molar-refractivity contribution in [2.45, 2.75) is 25.2 Å². The van der Waals surface area contributed by atoms with Gasteiger partial charge in [-0.1, -0.05) is 48.5 Å². The van der Waals surface area contributed by atoms with Crippen LogP contribution in [0.25, 0.3) is 0 Å². The predicted molar refractivity (Wildman–Crippen MR) is 108 cm³/mol. The van der Waals surface area contributed by atoms with Gasteiger partial charge < -0.3 is 4.90 Å². The summed E-state index contributed by atoms with van der Waals surface area (Å²) in [5, 5.41) is 0. The van der Waals surface area contributed by atoms with Gasteiger partial charge in [0.1, 0.15) is 11.6 Å². The van der Waals surface area contributed by atoms with Gasteiger partial charge in [0, 0.05) is 29.9 Å². The first-order chi connectivity index (χ1) is 13.2. The summed E-state index contributed by atoms with van der Waals surface area (Å²) < 4.78 is 0. The topological polar surface area (TPSA) is 37.4 Å². The van der Waals surface area contributed by atoms with Crippen molar-refractivity contribution in [1.29, 1.82) is 0 Å². The molecule has 1 saturated carbocycles. The Balaban J connectivity index is 1.67. The summed E-state index contributed by atoms with van der Waals surface area (Å²) in [6.07, 6.45) is 1.03. The summed E-state index contributed by atoms with van der Waals surface area (Å²) in [5.41, 5.74) is 4.27. The number of benzene rings is 3. The highest BCUT2D eigenvalue weighted by molar-refractivity contribution is 6.02. The van der Waals surface area contributed by atoms with E-state index in [1.807, 2.05) is 48.5 Å². The molecule has 0 aromatic heterocycles. The van der Waals surface area contributed by atoms with E-state index in [4.69, 9.17) is 0 Å². The highest BCUT2D eigenvalue weighted by Gasteiger charge is 2.26. The van der Waals surface area contributed by atoms with Gasteiger partial charge in [0.05, 0.1) is 6.42 Å². The van der Waals surface area contributed by atoms with Crippen molar-refractivity contribution in [2.75, 3.05) is 4.90 Å². The minimum Gasteiger partial charge on any atom is -0.311 e. The first kappa shape index (κ1) is 17.2. The fraction of sp³-hybridized carbons (Fsp3) is 0.167. The van der Waals surface area contributed by atoms with E-state index < -0.39 is 0 Å². The zero-order valence-electron chi connectivity index (χ0n) is 15.0. The lowest BCUT2D eigenvalue weighted by Crippen LogP contribution is -2.21. The Labute approximate surface area is 159 Å². The fourth-order valence-electron chi connectivity index (χ4n) is 3.72. The van der Waals surface area contributed by atoms with Gasteiger partial charge in [-0.05, 0) is 47.9 Å². The Hall–Kier alpha value is -3.20. The van der Waals surface area contributed by atoms with Crippen LogP contribution in [0.2, 0.25) is 0 Å². The van der Waals surface area contributed by atoms with Gasteiger partial charge in [-0.15, -0.1) is 0 Å². The molecule has 3 aromatic rings.